The van der Waals surface area contributed by atoms with Crippen molar-refractivity contribution in [2.75, 3.05) is 12.8 Å². The summed E-state index contributed by atoms with van der Waals surface area (Å²) in [5.41, 5.74) is 9.67. The molecule has 0 amide bonds. The van der Waals surface area contributed by atoms with Crippen molar-refractivity contribution >= 4 is 5.69 Å². The Hall–Kier alpha value is -2.37. The molecule has 6 nitrogen and oxygen atoms in total. The molecule has 0 unspecified atom stereocenters. The number of pyridine rings is 1. The molecule has 6 heteroatoms. The van der Waals surface area contributed by atoms with Crippen molar-refractivity contribution in [1.29, 1.82) is 0 Å². The van der Waals surface area contributed by atoms with Gasteiger partial charge in [-0.15, -0.1) is 0 Å². The lowest BCUT2D eigenvalue weighted by molar-refractivity contribution is 0.349. The smallest absolute Gasteiger partial charge is 0.299 e. The summed E-state index contributed by atoms with van der Waals surface area (Å²) in [5.74, 6) is 0. The number of rotatable bonds is 3. The average Bonchev–Trinajstić information content (AvgIpc) is 2.41. The van der Waals surface area contributed by atoms with Crippen LogP contribution in [0.4, 0.5) is 5.69 Å². The molecular formula is C14H18N4O2. The second kappa shape index (κ2) is 5.32. The normalized spacial score (nSPS) is 10.6. The molecule has 0 aliphatic carbocycles. The van der Waals surface area contributed by atoms with E-state index in [1.165, 1.54) is 17.7 Å². The highest BCUT2D eigenvalue weighted by Gasteiger charge is 2.12. The van der Waals surface area contributed by atoms with Crippen LogP contribution in [-0.2, 0) is 6.54 Å². The van der Waals surface area contributed by atoms with Crippen molar-refractivity contribution in [3.05, 3.63) is 45.1 Å². The maximum absolute atomic E-state index is 12.1. The molecule has 0 aromatic carbocycles. The van der Waals surface area contributed by atoms with Gasteiger partial charge in [0, 0.05) is 23.6 Å². The molecule has 0 spiro atoms. The standard InChI is InChI=1S/C14H18N4O2/c1-8-6-16-11(10(3)13(8)15)7-18-12(19)5-9(2)17-14(18)20-4/h5-6H,7H2,1-4H3,(H2,15,16). The third-order valence-electron chi connectivity index (χ3n) is 3.27. The van der Waals surface area contributed by atoms with Gasteiger partial charge in [-0.2, -0.15) is 0 Å². The van der Waals surface area contributed by atoms with Gasteiger partial charge >= 0.3 is 0 Å². The van der Waals surface area contributed by atoms with E-state index in [-0.39, 0.29) is 18.1 Å². The van der Waals surface area contributed by atoms with Gasteiger partial charge in [0.25, 0.3) is 11.6 Å². The van der Waals surface area contributed by atoms with Gasteiger partial charge < -0.3 is 10.5 Å². The van der Waals surface area contributed by atoms with Crippen molar-refractivity contribution in [2.24, 2.45) is 0 Å². The molecule has 2 heterocycles. The molecule has 2 aromatic rings. The summed E-state index contributed by atoms with van der Waals surface area (Å²) in [6.45, 7) is 5.83. The van der Waals surface area contributed by atoms with Crippen LogP contribution < -0.4 is 16.0 Å². The molecule has 0 aliphatic heterocycles. The minimum atomic E-state index is -0.172. The van der Waals surface area contributed by atoms with Gasteiger partial charge in [-0.25, -0.2) is 4.98 Å². The van der Waals surface area contributed by atoms with Gasteiger partial charge in [-0.05, 0) is 31.9 Å². The number of aromatic nitrogens is 3. The number of anilines is 1. The second-order valence-electron chi connectivity index (χ2n) is 4.74. The number of ether oxygens (including phenoxy) is 1. The predicted molar refractivity (Wildman–Crippen MR) is 77.0 cm³/mol. The van der Waals surface area contributed by atoms with E-state index in [0.29, 0.717) is 11.4 Å². The van der Waals surface area contributed by atoms with Crippen molar-refractivity contribution in [1.82, 2.24) is 14.5 Å². The van der Waals surface area contributed by atoms with E-state index >= 15 is 0 Å². The molecule has 0 fully saturated rings. The lowest BCUT2D eigenvalue weighted by atomic mass is 10.1. The van der Waals surface area contributed by atoms with Gasteiger partial charge in [-0.3, -0.25) is 14.3 Å². The van der Waals surface area contributed by atoms with Crippen molar-refractivity contribution in [3.8, 4) is 6.01 Å². The Kier molecular flexibility index (Phi) is 3.74. The number of hydrogen-bond acceptors (Lipinski definition) is 5. The first-order valence-electron chi connectivity index (χ1n) is 6.27. The molecule has 2 rings (SSSR count). The first kappa shape index (κ1) is 14.0. The fraction of sp³-hybridized carbons (Fsp3) is 0.357. The third kappa shape index (κ3) is 2.49. The molecule has 2 aromatic heterocycles. The Morgan fingerprint density at radius 2 is 2.05 bits per heavy atom. The van der Waals surface area contributed by atoms with Crippen LogP contribution in [-0.4, -0.2) is 21.6 Å². The van der Waals surface area contributed by atoms with Crippen LogP contribution in [0, 0.1) is 20.8 Å². The highest BCUT2D eigenvalue weighted by atomic mass is 16.5. The zero-order valence-electron chi connectivity index (χ0n) is 12.1. The van der Waals surface area contributed by atoms with Gasteiger partial charge in [-0.1, -0.05) is 0 Å². The molecule has 2 N–H and O–H groups in total. The minimum Gasteiger partial charge on any atom is -0.468 e. The Balaban J connectivity index is 2.51. The first-order chi connectivity index (χ1) is 9.43. The van der Waals surface area contributed by atoms with Crippen LogP contribution in [0.1, 0.15) is 22.5 Å². The molecule has 0 aliphatic rings. The van der Waals surface area contributed by atoms with E-state index in [4.69, 9.17) is 10.5 Å². The Morgan fingerprint density at radius 3 is 2.70 bits per heavy atom. The van der Waals surface area contributed by atoms with Crippen molar-refractivity contribution in [3.63, 3.8) is 0 Å². The summed E-state index contributed by atoms with van der Waals surface area (Å²) in [4.78, 5) is 20.6. The van der Waals surface area contributed by atoms with Crippen molar-refractivity contribution < 1.29 is 4.74 Å². The average molecular weight is 274 g/mol. The lowest BCUT2D eigenvalue weighted by Gasteiger charge is -2.13. The largest absolute Gasteiger partial charge is 0.468 e. The Labute approximate surface area is 117 Å². The number of aryl methyl sites for hydroxylation is 2. The molecule has 0 radical (unpaired) electrons. The molecule has 0 atom stereocenters. The summed E-state index contributed by atoms with van der Waals surface area (Å²) in [6, 6.07) is 1.74. The van der Waals surface area contributed by atoms with Crippen LogP contribution in [0.5, 0.6) is 6.01 Å². The van der Waals surface area contributed by atoms with E-state index in [9.17, 15) is 4.79 Å². The maximum Gasteiger partial charge on any atom is 0.299 e. The first-order valence-corrected chi connectivity index (χ1v) is 6.27. The summed E-state index contributed by atoms with van der Waals surface area (Å²) >= 11 is 0. The molecule has 106 valence electrons. The summed E-state index contributed by atoms with van der Waals surface area (Å²) in [6.07, 6.45) is 1.71. The van der Waals surface area contributed by atoms with E-state index in [0.717, 1.165) is 16.8 Å². The molecule has 0 saturated heterocycles. The topological polar surface area (TPSA) is 83.0 Å². The van der Waals surface area contributed by atoms with Crippen LogP contribution in [0.2, 0.25) is 0 Å². The molecular weight excluding hydrogens is 256 g/mol. The molecule has 0 bridgehead atoms. The van der Waals surface area contributed by atoms with E-state index in [2.05, 4.69) is 9.97 Å². The van der Waals surface area contributed by atoms with Crippen molar-refractivity contribution in [2.45, 2.75) is 27.3 Å². The summed E-state index contributed by atoms with van der Waals surface area (Å²) in [5, 5.41) is 0. The zero-order chi connectivity index (χ0) is 14.9. The van der Waals surface area contributed by atoms with Crippen LogP contribution in [0.15, 0.2) is 17.1 Å². The number of methoxy groups -OCH3 is 1. The SMILES string of the molecule is COc1nc(C)cc(=O)n1Cc1ncc(C)c(N)c1C. The van der Waals surface area contributed by atoms with E-state index < -0.39 is 0 Å². The summed E-state index contributed by atoms with van der Waals surface area (Å²) in [7, 11) is 1.49. The maximum atomic E-state index is 12.1. The Morgan fingerprint density at radius 1 is 1.35 bits per heavy atom. The molecule has 20 heavy (non-hydrogen) atoms. The fourth-order valence-corrected chi connectivity index (χ4v) is 2.00. The van der Waals surface area contributed by atoms with Crippen LogP contribution in [0.25, 0.3) is 0 Å². The summed E-state index contributed by atoms with van der Waals surface area (Å²) < 4.78 is 6.61. The highest BCUT2D eigenvalue weighted by Crippen LogP contribution is 2.19. The van der Waals surface area contributed by atoms with Gasteiger partial charge in [0.1, 0.15) is 0 Å². The predicted octanol–water partition coefficient (Wildman–Crippen LogP) is 1.20. The third-order valence-corrected chi connectivity index (χ3v) is 3.27. The highest BCUT2D eigenvalue weighted by molar-refractivity contribution is 5.53. The van der Waals surface area contributed by atoms with E-state index in [1.807, 2.05) is 13.8 Å². The number of nitrogens with two attached hydrogens (primary N) is 1. The Bertz CT molecular complexity index is 707. The van der Waals surface area contributed by atoms with Gasteiger partial charge in [0.2, 0.25) is 0 Å². The second-order valence-corrected chi connectivity index (χ2v) is 4.74. The number of nitrogen functional groups attached to an aromatic ring is 1. The quantitative estimate of drug-likeness (QED) is 0.909. The van der Waals surface area contributed by atoms with Crippen LogP contribution >= 0.6 is 0 Å². The number of hydrogen-bond donors (Lipinski definition) is 1. The number of nitrogens with zero attached hydrogens (tertiary/aromatic N) is 3. The zero-order valence-corrected chi connectivity index (χ0v) is 12.1. The van der Waals surface area contributed by atoms with Crippen LogP contribution in [0.3, 0.4) is 0 Å². The molecule has 0 saturated carbocycles. The fourth-order valence-electron chi connectivity index (χ4n) is 2.00. The van der Waals surface area contributed by atoms with Gasteiger partial charge in [0.15, 0.2) is 0 Å². The minimum absolute atomic E-state index is 0.172. The monoisotopic (exact) mass is 274 g/mol. The lowest BCUT2D eigenvalue weighted by Crippen LogP contribution is -2.24. The van der Waals surface area contributed by atoms with E-state index in [1.54, 1.807) is 13.1 Å². The van der Waals surface area contributed by atoms with Gasteiger partial charge in [0.05, 0.1) is 19.3 Å².